The van der Waals surface area contributed by atoms with E-state index in [4.69, 9.17) is 0 Å². The summed E-state index contributed by atoms with van der Waals surface area (Å²) in [6.07, 6.45) is 0. The van der Waals surface area contributed by atoms with Crippen molar-refractivity contribution < 1.29 is 1.43 Å². The molecule has 2 heteroatoms. The quantitative estimate of drug-likeness (QED) is 0.416. The van der Waals surface area contributed by atoms with Crippen LogP contribution in [0.15, 0.2) is 0 Å². The van der Waals surface area contributed by atoms with E-state index >= 15 is 0 Å². The summed E-state index contributed by atoms with van der Waals surface area (Å²) in [6.45, 7) is 2.54. The van der Waals surface area contributed by atoms with Crippen molar-refractivity contribution in [2.24, 2.45) is 0 Å². The highest BCUT2D eigenvalue weighted by Crippen LogP contribution is 2.19. The average Bonchev–Trinajstić information content (AvgIpc) is 2.15. The summed E-state index contributed by atoms with van der Waals surface area (Å²) in [6, 6.07) is 1.73. The molecule has 0 aromatic rings. The van der Waals surface area contributed by atoms with E-state index in [2.05, 4.69) is 17.3 Å². The van der Waals surface area contributed by atoms with Crippen LogP contribution in [0.4, 0.5) is 0 Å². The van der Waals surface area contributed by atoms with E-state index in [1.54, 1.807) is 0 Å². The van der Waals surface area contributed by atoms with Gasteiger partial charge in [0.25, 0.3) is 0 Å². The fourth-order valence-electron chi connectivity index (χ4n) is 1.33. The van der Waals surface area contributed by atoms with Gasteiger partial charge in [0.15, 0.2) is 0 Å². The molecule has 2 aliphatic rings. The number of nitrogens with one attached hydrogen (secondary N) is 1. The van der Waals surface area contributed by atoms with Crippen LogP contribution in [-0.2, 0) is 0 Å². The molecule has 2 fully saturated rings. The zero-order valence-corrected chi connectivity index (χ0v) is 4.52. The van der Waals surface area contributed by atoms with E-state index in [1.165, 1.54) is 13.1 Å². The number of hydrogen-bond donors (Lipinski definition) is 1. The molecular weight excluding hydrogens is 88.1 g/mol. The Kier molecular flexibility index (Phi) is 0.557. The van der Waals surface area contributed by atoms with Gasteiger partial charge in [-0.05, 0) is 7.05 Å². The molecule has 2 rings (SSSR count). The summed E-state index contributed by atoms with van der Waals surface area (Å²) >= 11 is 0. The maximum Gasteiger partial charge on any atom is 0.0365 e. The van der Waals surface area contributed by atoms with E-state index in [0.717, 1.165) is 12.1 Å². The second kappa shape index (κ2) is 1.01. The normalized spacial score (nSPS) is 49.3. The lowest BCUT2D eigenvalue weighted by atomic mass is 10.4. The third-order valence-electron chi connectivity index (χ3n) is 1.82. The van der Waals surface area contributed by atoms with Crippen LogP contribution in [0.3, 0.4) is 0 Å². The van der Waals surface area contributed by atoms with Crippen LogP contribution in [0.25, 0.3) is 0 Å². The highest BCUT2D eigenvalue weighted by Gasteiger charge is 2.42. The van der Waals surface area contributed by atoms with Gasteiger partial charge in [0.2, 0.25) is 0 Å². The average molecular weight is 100 g/mol. The Bertz CT molecular complexity index is 86.4. The standard InChI is InChI=1S/C5H10N2.H2/c1-7-2-4-5(3-7)6-4;/h4-6H,2-3H2,1H3;1H. The van der Waals surface area contributed by atoms with Crippen LogP contribution < -0.4 is 5.32 Å². The molecule has 0 saturated carbocycles. The van der Waals surface area contributed by atoms with Crippen LogP contribution >= 0.6 is 0 Å². The molecule has 0 aromatic heterocycles. The van der Waals surface area contributed by atoms with Crippen molar-refractivity contribution in [3.63, 3.8) is 0 Å². The second-order valence-electron chi connectivity index (χ2n) is 2.60. The molecular formula is C5H12N2. The summed E-state index contributed by atoms with van der Waals surface area (Å²) in [5.41, 5.74) is 0. The van der Waals surface area contributed by atoms with E-state index < -0.39 is 0 Å². The molecule has 0 radical (unpaired) electrons. The lowest BCUT2D eigenvalue weighted by molar-refractivity contribution is 0.380. The van der Waals surface area contributed by atoms with Crippen LogP contribution in [-0.4, -0.2) is 37.1 Å². The minimum Gasteiger partial charge on any atom is -0.306 e. The van der Waals surface area contributed by atoms with Crippen molar-refractivity contribution in [2.75, 3.05) is 20.1 Å². The predicted octanol–water partition coefficient (Wildman–Crippen LogP) is -0.482. The van der Waals surface area contributed by atoms with Gasteiger partial charge in [0.1, 0.15) is 0 Å². The molecule has 2 aliphatic heterocycles. The largest absolute Gasteiger partial charge is 0.306 e. The number of piperazine rings is 1. The topological polar surface area (TPSA) is 25.2 Å². The fraction of sp³-hybridized carbons (Fsp3) is 1.00. The lowest BCUT2D eigenvalue weighted by Crippen LogP contribution is -2.22. The zero-order valence-electron chi connectivity index (χ0n) is 4.52. The molecule has 0 amide bonds. The molecule has 2 nitrogen and oxygen atoms in total. The number of hydrogen-bond acceptors (Lipinski definition) is 2. The Morgan fingerprint density at radius 2 is 2.14 bits per heavy atom. The highest BCUT2D eigenvalue weighted by molar-refractivity contribution is 5.06. The third kappa shape index (κ3) is 0.469. The first-order chi connectivity index (χ1) is 3.36. The summed E-state index contributed by atoms with van der Waals surface area (Å²) < 4.78 is 0. The molecule has 0 spiro atoms. The van der Waals surface area contributed by atoms with E-state index in [0.29, 0.717) is 0 Å². The van der Waals surface area contributed by atoms with Gasteiger partial charge in [-0.25, -0.2) is 0 Å². The predicted molar refractivity (Wildman–Crippen MR) is 30.3 cm³/mol. The number of rotatable bonds is 0. The van der Waals surface area contributed by atoms with Crippen LogP contribution in [0.2, 0.25) is 0 Å². The molecule has 0 aliphatic carbocycles. The Hall–Kier alpha value is -0.0800. The monoisotopic (exact) mass is 100 g/mol. The number of likely N-dealkylation sites (tertiary alicyclic amines) is 1. The molecule has 2 saturated heterocycles. The Morgan fingerprint density at radius 3 is 2.43 bits per heavy atom. The maximum atomic E-state index is 3.36. The minimum absolute atomic E-state index is 0. The third-order valence-corrected chi connectivity index (χ3v) is 1.82. The molecule has 7 heavy (non-hydrogen) atoms. The highest BCUT2D eigenvalue weighted by atomic mass is 15.3. The van der Waals surface area contributed by atoms with Crippen molar-refractivity contribution >= 4 is 0 Å². The summed E-state index contributed by atoms with van der Waals surface area (Å²) in [7, 11) is 2.17. The summed E-state index contributed by atoms with van der Waals surface area (Å²) in [5, 5.41) is 3.36. The van der Waals surface area contributed by atoms with Crippen molar-refractivity contribution in [2.45, 2.75) is 12.1 Å². The molecule has 1 N–H and O–H groups in total. The van der Waals surface area contributed by atoms with E-state index in [-0.39, 0.29) is 1.43 Å². The number of fused-ring (bicyclic) bond motifs is 1. The Morgan fingerprint density at radius 1 is 1.57 bits per heavy atom. The second-order valence-corrected chi connectivity index (χ2v) is 2.60. The minimum atomic E-state index is 0. The van der Waals surface area contributed by atoms with Crippen molar-refractivity contribution in [3.05, 3.63) is 0 Å². The van der Waals surface area contributed by atoms with Gasteiger partial charge < -0.3 is 10.2 Å². The van der Waals surface area contributed by atoms with Crippen LogP contribution in [0.5, 0.6) is 0 Å². The fourth-order valence-corrected chi connectivity index (χ4v) is 1.33. The first-order valence-corrected chi connectivity index (χ1v) is 2.81. The SMILES string of the molecule is CN1CC2NC2C1.[HH]. The molecule has 42 valence electrons. The molecule has 0 aromatic carbocycles. The smallest absolute Gasteiger partial charge is 0.0365 e. The maximum absolute atomic E-state index is 3.36. The Labute approximate surface area is 45.0 Å². The number of likely N-dealkylation sites (N-methyl/N-ethyl adjacent to an activating group) is 1. The van der Waals surface area contributed by atoms with E-state index in [9.17, 15) is 0 Å². The van der Waals surface area contributed by atoms with Gasteiger partial charge in [0.05, 0.1) is 0 Å². The van der Waals surface area contributed by atoms with Crippen molar-refractivity contribution in [1.29, 1.82) is 0 Å². The van der Waals surface area contributed by atoms with Crippen LogP contribution in [0.1, 0.15) is 1.43 Å². The van der Waals surface area contributed by atoms with Gasteiger partial charge in [-0.15, -0.1) is 0 Å². The molecule has 2 atom stereocenters. The summed E-state index contributed by atoms with van der Waals surface area (Å²) in [4.78, 5) is 2.37. The van der Waals surface area contributed by atoms with E-state index in [1.807, 2.05) is 0 Å². The van der Waals surface area contributed by atoms with Gasteiger partial charge in [-0.3, -0.25) is 0 Å². The Balaban J connectivity index is 0.000000320. The van der Waals surface area contributed by atoms with Crippen LogP contribution in [0, 0.1) is 0 Å². The molecule has 2 heterocycles. The molecule has 0 bridgehead atoms. The van der Waals surface area contributed by atoms with Gasteiger partial charge in [0, 0.05) is 26.6 Å². The molecule has 2 unspecified atom stereocenters. The van der Waals surface area contributed by atoms with Gasteiger partial charge in [-0.1, -0.05) is 0 Å². The zero-order chi connectivity index (χ0) is 4.85. The first kappa shape index (κ1) is 3.87. The first-order valence-electron chi connectivity index (χ1n) is 2.81. The van der Waals surface area contributed by atoms with Crippen molar-refractivity contribution in [1.82, 2.24) is 10.2 Å². The summed E-state index contributed by atoms with van der Waals surface area (Å²) in [5.74, 6) is 0. The number of nitrogens with zero attached hydrogens (tertiary/aromatic N) is 1. The van der Waals surface area contributed by atoms with Gasteiger partial charge in [-0.2, -0.15) is 0 Å². The lowest BCUT2D eigenvalue weighted by Gasteiger charge is -2.06. The van der Waals surface area contributed by atoms with Crippen molar-refractivity contribution in [3.8, 4) is 0 Å². The van der Waals surface area contributed by atoms with Gasteiger partial charge >= 0.3 is 0 Å².